The number of nitrogens with zero attached hydrogens (tertiary/aromatic N) is 1. The van der Waals surface area contributed by atoms with E-state index in [0.29, 0.717) is 5.92 Å². The maximum Gasteiger partial charge on any atom is 0.219 e. The minimum absolute atomic E-state index is 0.172. The van der Waals surface area contributed by atoms with Crippen molar-refractivity contribution < 1.29 is 9.53 Å². The van der Waals surface area contributed by atoms with Crippen LogP contribution in [0.25, 0.3) is 0 Å². The van der Waals surface area contributed by atoms with Gasteiger partial charge in [0.05, 0.1) is 7.11 Å². The molecule has 1 aromatic rings. The summed E-state index contributed by atoms with van der Waals surface area (Å²) in [5, 5.41) is 0. The molecule has 0 aliphatic carbocycles. The third-order valence-corrected chi connectivity index (χ3v) is 3.20. The van der Waals surface area contributed by atoms with Crippen LogP contribution in [0.3, 0.4) is 0 Å². The summed E-state index contributed by atoms with van der Waals surface area (Å²) in [5.41, 5.74) is 1.27. The maximum absolute atomic E-state index is 11.2. The first-order valence-electron chi connectivity index (χ1n) is 6.60. The van der Waals surface area contributed by atoms with E-state index in [0.717, 1.165) is 25.3 Å². The van der Waals surface area contributed by atoms with E-state index in [9.17, 15) is 4.79 Å². The van der Waals surface area contributed by atoms with Gasteiger partial charge in [0, 0.05) is 25.9 Å². The lowest BCUT2D eigenvalue weighted by molar-refractivity contribution is -0.127. The molecule has 18 heavy (non-hydrogen) atoms. The van der Waals surface area contributed by atoms with E-state index in [4.69, 9.17) is 4.74 Å². The first-order valence-corrected chi connectivity index (χ1v) is 6.60. The summed E-state index contributed by atoms with van der Waals surface area (Å²) in [6.45, 7) is 7.34. The van der Waals surface area contributed by atoms with E-state index in [-0.39, 0.29) is 5.91 Å². The summed E-state index contributed by atoms with van der Waals surface area (Å²) < 4.78 is 5.21. The van der Waals surface area contributed by atoms with Gasteiger partial charge in [0.1, 0.15) is 5.75 Å². The van der Waals surface area contributed by atoms with E-state index in [1.165, 1.54) is 5.56 Å². The lowest BCUT2D eigenvalue weighted by Gasteiger charge is -2.14. The SMILES string of the molecule is CC.COc1cccc(C2CCN(C(C)=O)C2)c1. The van der Waals surface area contributed by atoms with Crippen molar-refractivity contribution >= 4 is 5.91 Å². The Kier molecular flexibility index (Phi) is 5.69. The highest BCUT2D eigenvalue weighted by molar-refractivity contribution is 5.73. The molecule has 1 aliphatic rings. The van der Waals surface area contributed by atoms with Crippen LogP contribution in [-0.2, 0) is 4.79 Å². The highest BCUT2D eigenvalue weighted by Crippen LogP contribution is 2.29. The van der Waals surface area contributed by atoms with Crippen molar-refractivity contribution in [3.8, 4) is 5.75 Å². The van der Waals surface area contributed by atoms with E-state index in [2.05, 4.69) is 12.1 Å². The van der Waals surface area contributed by atoms with E-state index < -0.39 is 0 Å². The van der Waals surface area contributed by atoms with Crippen molar-refractivity contribution in [1.82, 2.24) is 4.90 Å². The monoisotopic (exact) mass is 249 g/mol. The molecule has 0 spiro atoms. The van der Waals surface area contributed by atoms with Crippen LogP contribution >= 0.6 is 0 Å². The number of rotatable bonds is 2. The molecule has 1 fully saturated rings. The third-order valence-electron chi connectivity index (χ3n) is 3.20. The average Bonchev–Trinajstić information content (AvgIpc) is 2.91. The van der Waals surface area contributed by atoms with Gasteiger partial charge in [-0.05, 0) is 24.1 Å². The average molecular weight is 249 g/mol. The van der Waals surface area contributed by atoms with Gasteiger partial charge in [0.15, 0.2) is 0 Å². The van der Waals surface area contributed by atoms with Crippen LogP contribution in [0.2, 0.25) is 0 Å². The molecular formula is C15H23NO2. The summed E-state index contributed by atoms with van der Waals surface area (Å²) in [5.74, 6) is 1.52. The van der Waals surface area contributed by atoms with Crippen molar-refractivity contribution in [3.63, 3.8) is 0 Å². The molecule has 1 atom stereocenters. The fourth-order valence-corrected chi connectivity index (χ4v) is 2.21. The van der Waals surface area contributed by atoms with Crippen molar-refractivity contribution in [3.05, 3.63) is 29.8 Å². The van der Waals surface area contributed by atoms with Gasteiger partial charge in [-0.25, -0.2) is 0 Å². The van der Waals surface area contributed by atoms with E-state index in [1.807, 2.05) is 30.9 Å². The lowest BCUT2D eigenvalue weighted by atomic mass is 9.98. The Labute approximate surface area is 110 Å². The Bertz CT molecular complexity index is 390. The Balaban J connectivity index is 0.000000771. The smallest absolute Gasteiger partial charge is 0.219 e. The molecule has 3 heteroatoms. The zero-order chi connectivity index (χ0) is 13.5. The number of likely N-dealkylation sites (tertiary alicyclic amines) is 1. The number of carbonyl (C=O) groups excluding carboxylic acids is 1. The molecule has 0 bridgehead atoms. The summed E-state index contributed by atoms with van der Waals surface area (Å²) in [6.07, 6.45) is 1.05. The molecule has 1 heterocycles. The number of hydrogen-bond acceptors (Lipinski definition) is 2. The van der Waals surface area contributed by atoms with Gasteiger partial charge in [-0.3, -0.25) is 4.79 Å². The van der Waals surface area contributed by atoms with E-state index in [1.54, 1.807) is 14.0 Å². The molecular weight excluding hydrogens is 226 g/mol. The molecule has 1 amide bonds. The summed E-state index contributed by atoms with van der Waals surface area (Å²) >= 11 is 0. The Morgan fingerprint density at radius 2 is 2.11 bits per heavy atom. The zero-order valence-electron chi connectivity index (χ0n) is 11.8. The summed E-state index contributed by atoms with van der Waals surface area (Å²) in [6, 6.07) is 8.12. The largest absolute Gasteiger partial charge is 0.497 e. The Hall–Kier alpha value is -1.51. The zero-order valence-corrected chi connectivity index (χ0v) is 11.8. The van der Waals surface area contributed by atoms with Gasteiger partial charge in [-0.1, -0.05) is 26.0 Å². The minimum atomic E-state index is 0.172. The topological polar surface area (TPSA) is 29.5 Å². The first-order chi connectivity index (χ1) is 8.70. The molecule has 100 valence electrons. The second-order valence-electron chi connectivity index (χ2n) is 4.23. The number of ether oxygens (including phenoxy) is 1. The fraction of sp³-hybridized carbons (Fsp3) is 0.533. The fourth-order valence-electron chi connectivity index (χ4n) is 2.21. The van der Waals surface area contributed by atoms with Crippen molar-refractivity contribution in [2.75, 3.05) is 20.2 Å². The van der Waals surface area contributed by atoms with Crippen molar-refractivity contribution in [1.29, 1.82) is 0 Å². The molecule has 0 radical (unpaired) electrons. The summed E-state index contributed by atoms with van der Waals surface area (Å²) in [7, 11) is 1.68. The molecule has 0 N–H and O–H groups in total. The second-order valence-corrected chi connectivity index (χ2v) is 4.23. The van der Waals surface area contributed by atoms with Crippen molar-refractivity contribution in [2.24, 2.45) is 0 Å². The minimum Gasteiger partial charge on any atom is -0.497 e. The quantitative estimate of drug-likeness (QED) is 0.806. The predicted molar refractivity (Wildman–Crippen MR) is 74.0 cm³/mol. The number of carbonyl (C=O) groups is 1. The highest BCUT2D eigenvalue weighted by Gasteiger charge is 2.25. The molecule has 1 aromatic carbocycles. The van der Waals surface area contributed by atoms with Crippen LogP contribution in [0.15, 0.2) is 24.3 Å². The van der Waals surface area contributed by atoms with Crippen LogP contribution in [0.1, 0.15) is 38.7 Å². The molecule has 0 saturated carbocycles. The maximum atomic E-state index is 11.2. The standard InChI is InChI=1S/C13H17NO2.C2H6/c1-10(15)14-7-6-12(9-14)11-4-3-5-13(8-11)16-2;1-2/h3-5,8,12H,6-7,9H2,1-2H3;1-2H3. The Morgan fingerprint density at radius 3 is 2.67 bits per heavy atom. The normalized spacial score (nSPS) is 18.0. The van der Waals surface area contributed by atoms with Crippen LogP contribution < -0.4 is 4.74 Å². The van der Waals surface area contributed by atoms with Gasteiger partial charge < -0.3 is 9.64 Å². The number of hydrogen-bond donors (Lipinski definition) is 0. The number of methoxy groups -OCH3 is 1. The molecule has 0 aromatic heterocycles. The third kappa shape index (κ3) is 3.49. The highest BCUT2D eigenvalue weighted by atomic mass is 16.5. The molecule has 2 rings (SSSR count). The number of amides is 1. The molecule has 3 nitrogen and oxygen atoms in total. The Morgan fingerprint density at radius 1 is 1.39 bits per heavy atom. The first kappa shape index (κ1) is 14.6. The van der Waals surface area contributed by atoms with Crippen molar-refractivity contribution in [2.45, 2.75) is 33.1 Å². The van der Waals surface area contributed by atoms with Gasteiger partial charge in [0.25, 0.3) is 0 Å². The van der Waals surface area contributed by atoms with Crippen LogP contribution in [0, 0.1) is 0 Å². The van der Waals surface area contributed by atoms with Gasteiger partial charge in [0.2, 0.25) is 5.91 Å². The van der Waals surface area contributed by atoms with Crippen LogP contribution in [0.4, 0.5) is 0 Å². The molecule has 1 aliphatic heterocycles. The summed E-state index contributed by atoms with van der Waals surface area (Å²) in [4.78, 5) is 13.2. The lowest BCUT2D eigenvalue weighted by Crippen LogP contribution is -2.25. The van der Waals surface area contributed by atoms with Gasteiger partial charge in [-0.2, -0.15) is 0 Å². The van der Waals surface area contributed by atoms with Gasteiger partial charge in [-0.15, -0.1) is 0 Å². The van der Waals surface area contributed by atoms with E-state index >= 15 is 0 Å². The molecule has 1 saturated heterocycles. The van der Waals surface area contributed by atoms with Gasteiger partial charge >= 0.3 is 0 Å². The second kappa shape index (κ2) is 7.04. The molecule has 1 unspecified atom stereocenters. The van der Waals surface area contributed by atoms with Crippen LogP contribution in [-0.4, -0.2) is 31.0 Å². The number of benzene rings is 1. The predicted octanol–water partition coefficient (Wildman–Crippen LogP) is 3.06. The van der Waals surface area contributed by atoms with Crippen LogP contribution in [0.5, 0.6) is 5.75 Å².